The molecule has 2 aromatic rings. The molecule has 7 heteroatoms. The zero-order chi connectivity index (χ0) is 14.3. The van der Waals surface area contributed by atoms with Gasteiger partial charge in [-0.1, -0.05) is 0 Å². The second-order valence-corrected chi connectivity index (χ2v) is 4.69. The summed E-state index contributed by atoms with van der Waals surface area (Å²) < 4.78 is 21.2. The van der Waals surface area contributed by atoms with Crippen molar-refractivity contribution < 1.29 is 14.2 Å². The van der Waals surface area contributed by atoms with E-state index in [-0.39, 0.29) is 29.6 Å². The number of hydrogen-bond donors (Lipinski definition) is 2. The van der Waals surface area contributed by atoms with Crippen molar-refractivity contribution in [1.82, 2.24) is 14.5 Å². The normalized spacial score (nSPS) is 25.9. The quantitative estimate of drug-likeness (QED) is 0.785. The lowest BCUT2D eigenvalue weighted by atomic mass is 10.1. The van der Waals surface area contributed by atoms with Gasteiger partial charge in [-0.2, -0.15) is 0 Å². The highest BCUT2D eigenvalue weighted by atomic mass is 19.1. The average Bonchev–Trinajstić information content (AvgIpc) is 3.02. The molecule has 1 fully saturated rings. The summed E-state index contributed by atoms with van der Waals surface area (Å²) >= 11 is 0. The van der Waals surface area contributed by atoms with Gasteiger partial charge in [0.2, 0.25) is 5.72 Å². The highest BCUT2D eigenvalue weighted by Crippen LogP contribution is 2.37. The Kier molecular flexibility index (Phi) is 2.85. The van der Waals surface area contributed by atoms with Crippen molar-refractivity contribution in [2.45, 2.75) is 24.7 Å². The fourth-order valence-electron chi connectivity index (χ4n) is 2.55. The zero-order valence-corrected chi connectivity index (χ0v) is 10.6. The van der Waals surface area contributed by atoms with Gasteiger partial charge in [-0.25, -0.2) is 14.4 Å². The zero-order valence-electron chi connectivity index (χ0n) is 10.6. The van der Waals surface area contributed by atoms with Crippen molar-refractivity contribution in [3.63, 3.8) is 0 Å². The molecular formula is C13H13FN4O2. The molecule has 3 N–H and O–H groups in total. The molecule has 0 saturated carbocycles. The third-order valence-corrected chi connectivity index (χ3v) is 3.55. The molecule has 0 radical (unpaired) electrons. The summed E-state index contributed by atoms with van der Waals surface area (Å²) in [5, 5.41) is 9.30. The van der Waals surface area contributed by atoms with Crippen LogP contribution in [0, 0.1) is 18.2 Å². The molecule has 2 atom stereocenters. The molecule has 1 aliphatic rings. The van der Waals surface area contributed by atoms with Crippen molar-refractivity contribution in [2.24, 2.45) is 0 Å². The summed E-state index contributed by atoms with van der Waals surface area (Å²) in [6, 6.07) is 0. The monoisotopic (exact) mass is 276 g/mol. The van der Waals surface area contributed by atoms with Crippen LogP contribution in [0.3, 0.4) is 0 Å². The maximum atomic E-state index is 14.1. The predicted octanol–water partition coefficient (Wildman–Crippen LogP) is 0.610. The van der Waals surface area contributed by atoms with E-state index in [1.54, 1.807) is 0 Å². The van der Waals surface area contributed by atoms with Crippen LogP contribution in [0.15, 0.2) is 12.5 Å². The van der Waals surface area contributed by atoms with Crippen molar-refractivity contribution >= 4 is 16.9 Å². The van der Waals surface area contributed by atoms with Gasteiger partial charge < -0.3 is 15.6 Å². The lowest BCUT2D eigenvalue weighted by Crippen LogP contribution is -2.32. The number of terminal acetylenes is 1. The highest BCUT2D eigenvalue weighted by Gasteiger charge is 2.41. The largest absolute Gasteiger partial charge is 0.394 e. The minimum atomic E-state index is -1.16. The number of nitrogens with two attached hydrogens (primary N) is 1. The molecule has 2 aromatic heterocycles. The number of aromatic nitrogens is 3. The minimum Gasteiger partial charge on any atom is -0.394 e. The summed E-state index contributed by atoms with van der Waals surface area (Å²) in [6.45, 7) is -0.137. The van der Waals surface area contributed by atoms with E-state index >= 15 is 0 Å². The fraction of sp³-hybridized carbons (Fsp3) is 0.385. The molecule has 20 heavy (non-hydrogen) atoms. The van der Waals surface area contributed by atoms with Crippen LogP contribution in [0.5, 0.6) is 0 Å². The molecule has 1 aliphatic heterocycles. The first kappa shape index (κ1) is 12.8. The topological polar surface area (TPSA) is 86.2 Å². The SMILES string of the molecule is C#CC1(n2cc(F)c3c(N)ncnc32)CCC(CO)O1. The van der Waals surface area contributed by atoms with E-state index in [4.69, 9.17) is 16.9 Å². The molecule has 3 rings (SSSR count). The third-order valence-electron chi connectivity index (χ3n) is 3.55. The predicted molar refractivity (Wildman–Crippen MR) is 69.9 cm³/mol. The summed E-state index contributed by atoms with van der Waals surface area (Å²) in [4.78, 5) is 7.81. The van der Waals surface area contributed by atoms with Crippen LogP contribution in [0.1, 0.15) is 12.8 Å². The number of aliphatic hydroxyl groups excluding tert-OH is 1. The van der Waals surface area contributed by atoms with Gasteiger partial charge in [-0.3, -0.25) is 4.57 Å². The van der Waals surface area contributed by atoms with Gasteiger partial charge >= 0.3 is 0 Å². The Bertz CT molecular complexity index is 708. The maximum Gasteiger partial charge on any atom is 0.210 e. The fourth-order valence-corrected chi connectivity index (χ4v) is 2.55. The van der Waals surface area contributed by atoms with E-state index in [2.05, 4.69) is 15.9 Å². The average molecular weight is 276 g/mol. The summed E-state index contributed by atoms with van der Waals surface area (Å²) in [7, 11) is 0. The first-order chi connectivity index (χ1) is 9.61. The van der Waals surface area contributed by atoms with E-state index in [0.717, 1.165) is 0 Å². The molecule has 2 unspecified atom stereocenters. The van der Waals surface area contributed by atoms with Crippen LogP contribution in [-0.4, -0.2) is 32.4 Å². The van der Waals surface area contributed by atoms with Gasteiger partial charge in [0.15, 0.2) is 11.5 Å². The number of hydrogen-bond acceptors (Lipinski definition) is 5. The third kappa shape index (κ3) is 1.66. The lowest BCUT2D eigenvalue weighted by molar-refractivity contribution is -0.0679. The Morgan fingerprint density at radius 2 is 2.45 bits per heavy atom. The first-order valence-corrected chi connectivity index (χ1v) is 6.15. The van der Waals surface area contributed by atoms with Crippen molar-refractivity contribution in [1.29, 1.82) is 0 Å². The lowest BCUT2D eigenvalue weighted by Gasteiger charge is -2.25. The smallest absolute Gasteiger partial charge is 0.210 e. The molecule has 0 aliphatic carbocycles. The molecule has 0 spiro atoms. The number of nitrogen functional groups attached to an aromatic ring is 1. The van der Waals surface area contributed by atoms with E-state index in [1.807, 2.05) is 0 Å². The molecule has 0 aromatic carbocycles. The summed E-state index contributed by atoms with van der Waals surface area (Å²) in [5.41, 5.74) is 4.80. The van der Waals surface area contributed by atoms with Crippen molar-refractivity contribution in [3.8, 4) is 12.3 Å². The Labute approximate surface area is 114 Å². The first-order valence-electron chi connectivity index (χ1n) is 6.15. The minimum absolute atomic E-state index is 0.0510. The van der Waals surface area contributed by atoms with Gasteiger partial charge in [0, 0.05) is 12.6 Å². The van der Waals surface area contributed by atoms with Gasteiger partial charge in [0.05, 0.1) is 18.1 Å². The highest BCUT2D eigenvalue weighted by molar-refractivity contribution is 5.87. The van der Waals surface area contributed by atoms with Gasteiger partial charge in [0.1, 0.15) is 12.1 Å². The Hall–Kier alpha value is -2.17. The summed E-state index contributed by atoms with van der Waals surface area (Å²) in [5.74, 6) is 2.04. The molecule has 6 nitrogen and oxygen atoms in total. The second-order valence-electron chi connectivity index (χ2n) is 4.69. The van der Waals surface area contributed by atoms with Crippen LogP contribution < -0.4 is 5.73 Å². The number of ether oxygens (including phenoxy) is 1. The number of anilines is 1. The van der Waals surface area contributed by atoms with Gasteiger partial charge in [-0.05, 0) is 12.3 Å². The molecule has 0 bridgehead atoms. The van der Waals surface area contributed by atoms with Crippen LogP contribution in [0.25, 0.3) is 11.0 Å². The second kappa shape index (κ2) is 4.44. The summed E-state index contributed by atoms with van der Waals surface area (Å²) in [6.07, 6.45) is 8.72. The van der Waals surface area contributed by atoms with Crippen molar-refractivity contribution in [3.05, 3.63) is 18.3 Å². The van der Waals surface area contributed by atoms with E-state index in [9.17, 15) is 9.50 Å². The van der Waals surface area contributed by atoms with E-state index in [1.165, 1.54) is 17.1 Å². The maximum absolute atomic E-state index is 14.1. The number of nitrogens with zero attached hydrogens (tertiary/aromatic N) is 3. The van der Waals surface area contributed by atoms with Crippen LogP contribution in [0.4, 0.5) is 10.2 Å². The van der Waals surface area contributed by atoms with Crippen molar-refractivity contribution in [2.75, 3.05) is 12.3 Å². The van der Waals surface area contributed by atoms with Crippen LogP contribution >= 0.6 is 0 Å². The van der Waals surface area contributed by atoms with E-state index in [0.29, 0.717) is 12.8 Å². The van der Waals surface area contributed by atoms with E-state index < -0.39 is 11.5 Å². The van der Waals surface area contributed by atoms with Crippen LogP contribution in [-0.2, 0) is 10.5 Å². The molecule has 1 saturated heterocycles. The Morgan fingerprint density at radius 1 is 1.65 bits per heavy atom. The number of halogens is 1. The molecular weight excluding hydrogens is 263 g/mol. The Balaban J connectivity index is 2.20. The number of rotatable bonds is 2. The Morgan fingerprint density at radius 3 is 3.10 bits per heavy atom. The number of fused-ring (bicyclic) bond motifs is 1. The molecule has 104 valence electrons. The van der Waals surface area contributed by atoms with Crippen LogP contribution in [0.2, 0.25) is 0 Å². The molecule has 0 amide bonds. The standard InChI is InChI=1S/C13H13FN4O2/c1-2-13(4-3-8(6-19)20-13)18-5-9(14)10-11(15)16-7-17-12(10)18/h1,5,7-8,19H,3-4,6H2,(H2,15,16,17). The molecule has 3 heterocycles. The van der Waals surface area contributed by atoms with Gasteiger partial charge in [0.25, 0.3) is 0 Å². The van der Waals surface area contributed by atoms with Gasteiger partial charge in [-0.15, -0.1) is 6.42 Å². The number of aliphatic hydroxyl groups is 1.